The summed E-state index contributed by atoms with van der Waals surface area (Å²) in [5.41, 5.74) is 5.57. The summed E-state index contributed by atoms with van der Waals surface area (Å²) in [6, 6.07) is 6.25. The third-order valence-electron chi connectivity index (χ3n) is 3.27. The first-order valence-electron chi connectivity index (χ1n) is 7.17. The molecular formula is C16H26ClFN2O2. The zero-order chi connectivity index (χ0) is 15.9. The summed E-state index contributed by atoms with van der Waals surface area (Å²) in [6.45, 7) is 5.52. The van der Waals surface area contributed by atoms with E-state index in [4.69, 9.17) is 10.5 Å². The Kier molecular flexibility index (Phi) is 9.06. The van der Waals surface area contributed by atoms with Crippen molar-refractivity contribution in [1.82, 2.24) is 4.90 Å². The monoisotopic (exact) mass is 332 g/mol. The van der Waals surface area contributed by atoms with E-state index in [1.807, 2.05) is 13.8 Å². The highest BCUT2D eigenvalue weighted by Gasteiger charge is 2.20. The average molecular weight is 333 g/mol. The van der Waals surface area contributed by atoms with Gasteiger partial charge in [-0.15, -0.1) is 12.4 Å². The maximum absolute atomic E-state index is 13.3. The van der Waals surface area contributed by atoms with E-state index in [2.05, 4.69) is 0 Å². The van der Waals surface area contributed by atoms with Crippen LogP contribution in [0.15, 0.2) is 24.3 Å². The van der Waals surface area contributed by atoms with Crippen molar-refractivity contribution in [3.05, 3.63) is 30.1 Å². The van der Waals surface area contributed by atoms with E-state index in [9.17, 15) is 9.18 Å². The van der Waals surface area contributed by atoms with Crippen molar-refractivity contribution >= 4 is 18.3 Å². The number of hydrogen-bond acceptors (Lipinski definition) is 3. The molecule has 0 aromatic heterocycles. The van der Waals surface area contributed by atoms with Crippen molar-refractivity contribution in [2.45, 2.75) is 26.7 Å². The summed E-state index contributed by atoms with van der Waals surface area (Å²) in [6.07, 6.45) is 0.937. The Labute approximate surface area is 138 Å². The minimum Gasteiger partial charge on any atom is -0.491 e. The number of rotatable bonds is 8. The van der Waals surface area contributed by atoms with Gasteiger partial charge in [-0.25, -0.2) is 4.39 Å². The van der Waals surface area contributed by atoms with Crippen LogP contribution in [0.3, 0.4) is 0 Å². The van der Waals surface area contributed by atoms with Crippen LogP contribution in [-0.2, 0) is 4.79 Å². The standard InChI is InChI=1S/C16H25FN2O2.ClH/c1-16(2,11-18)12-19(3)15(20)9-6-10-21-14-8-5-4-7-13(14)17;/h4-5,7-8H,6,9-12,18H2,1-3H3;1H. The van der Waals surface area contributed by atoms with E-state index in [1.54, 1.807) is 30.1 Å². The van der Waals surface area contributed by atoms with Gasteiger partial charge in [0, 0.05) is 20.0 Å². The summed E-state index contributed by atoms with van der Waals surface area (Å²) in [4.78, 5) is 13.7. The van der Waals surface area contributed by atoms with Crippen molar-refractivity contribution in [3.8, 4) is 5.75 Å². The average Bonchev–Trinajstić information content (AvgIpc) is 2.44. The maximum atomic E-state index is 13.3. The second kappa shape index (κ2) is 9.64. The molecule has 0 aliphatic heterocycles. The number of carbonyl (C=O) groups excluding carboxylic acids is 1. The molecule has 1 amide bonds. The van der Waals surface area contributed by atoms with Crippen LogP contribution in [0.2, 0.25) is 0 Å². The molecule has 0 saturated carbocycles. The molecule has 22 heavy (non-hydrogen) atoms. The highest BCUT2D eigenvalue weighted by atomic mass is 35.5. The third-order valence-corrected chi connectivity index (χ3v) is 3.27. The van der Waals surface area contributed by atoms with Gasteiger partial charge in [-0.3, -0.25) is 4.79 Å². The number of nitrogens with zero attached hydrogens (tertiary/aromatic N) is 1. The van der Waals surface area contributed by atoms with Crippen LogP contribution in [0.5, 0.6) is 5.75 Å². The number of nitrogens with two attached hydrogens (primary N) is 1. The predicted molar refractivity (Wildman–Crippen MR) is 88.8 cm³/mol. The summed E-state index contributed by atoms with van der Waals surface area (Å²) < 4.78 is 18.6. The van der Waals surface area contributed by atoms with Gasteiger partial charge in [-0.05, 0) is 30.5 Å². The van der Waals surface area contributed by atoms with Gasteiger partial charge < -0.3 is 15.4 Å². The van der Waals surface area contributed by atoms with Crippen LogP contribution in [0.4, 0.5) is 4.39 Å². The van der Waals surface area contributed by atoms with Gasteiger partial charge in [0.1, 0.15) is 0 Å². The van der Waals surface area contributed by atoms with Crippen molar-refractivity contribution < 1.29 is 13.9 Å². The Morgan fingerprint density at radius 2 is 2.00 bits per heavy atom. The smallest absolute Gasteiger partial charge is 0.222 e. The van der Waals surface area contributed by atoms with Crippen molar-refractivity contribution in [2.75, 3.05) is 26.7 Å². The second-order valence-corrected chi connectivity index (χ2v) is 6.00. The van der Waals surface area contributed by atoms with Crippen molar-refractivity contribution in [2.24, 2.45) is 11.1 Å². The molecule has 0 atom stereocenters. The molecule has 2 N–H and O–H groups in total. The fourth-order valence-electron chi connectivity index (χ4n) is 1.95. The van der Waals surface area contributed by atoms with E-state index in [-0.39, 0.29) is 35.3 Å². The number of amides is 1. The topological polar surface area (TPSA) is 55.6 Å². The lowest BCUT2D eigenvalue weighted by Gasteiger charge is -2.29. The lowest BCUT2D eigenvalue weighted by Crippen LogP contribution is -2.39. The van der Waals surface area contributed by atoms with E-state index < -0.39 is 0 Å². The fourth-order valence-corrected chi connectivity index (χ4v) is 1.95. The van der Waals surface area contributed by atoms with E-state index >= 15 is 0 Å². The Hall–Kier alpha value is -1.33. The molecule has 0 bridgehead atoms. The van der Waals surface area contributed by atoms with Gasteiger partial charge in [-0.2, -0.15) is 0 Å². The molecule has 126 valence electrons. The number of benzene rings is 1. The number of para-hydroxylation sites is 1. The molecule has 0 fully saturated rings. The zero-order valence-corrected chi connectivity index (χ0v) is 14.3. The third kappa shape index (κ3) is 7.09. The first kappa shape index (κ1) is 20.7. The van der Waals surface area contributed by atoms with Gasteiger partial charge in [0.05, 0.1) is 6.61 Å². The quantitative estimate of drug-likeness (QED) is 0.745. The Morgan fingerprint density at radius 3 is 2.59 bits per heavy atom. The summed E-state index contributed by atoms with van der Waals surface area (Å²) in [5.74, 6) is -0.109. The molecule has 0 radical (unpaired) electrons. The molecule has 6 heteroatoms. The molecule has 0 saturated heterocycles. The van der Waals surface area contributed by atoms with Crippen LogP contribution < -0.4 is 10.5 Å². The first-order valence-corrected chi connectivity index (χ1v) is 7.17. The number of ether oxygens (including phenoxy) is 1. The van der Waals surface area contributed by atoms with E-state index in [0.717, 1.165) is 0 Å². The number of carbonyl (C=O) groups is 1. The minimum absolute atomic E-state index is 0. The molecule has 4 nitrogen and oxygen atoms in total. The first-order chi connectivity index (χ1) is 9.85. The highest BCUT2D eigenvalue weighted by Crippen LogP contribution is 2.16. The van der Waals surface area contributed by atoms with Crippen LogP contribution in [0.25, 0.3) is 0 Å². The Bertz CT molecular complexity index is 469. The SMILES string of the molecule is CN(CC(C)(C)CN)C(=O)CCCOc1ccccc1F.Cl. The maximum Gasteiger partial charge on any atom is 0.222 e. The van der Waals surface area contributed by atoms with E-state index in [0.29, 0.717) is 32.5 Å². The largest absolute Gasteiger partial charge is 0.491 e. The molecular weight excluding hydrogens is 307 g/mol. The van der Waals surface area contributed by atoms with Gasteiger partial charge in [0.25, 0.3) is 0 Å². The molecule has 0 aliphatic rings. The Morgan fingerprint density at radius 1 is 1.36 bits per heavy atom. The number of halogens is 2. The summed E-state index contributed by atoms with van der Waals surface area (Å²) in [5, 5.41) is 0. The summed E-state index contributed by atoms with van der Waals surface area (Å²) >= 11 is 0. The van der Waals surface area contributed by atoms with Gasteiger partial charge in [-0.1, -0.05) is 26.0 Å². The molecule has 0 heterocycles. The van der Waals surface area contributed by atoms with Gasteiger partial charge in [0.2, 0.25) is 5.91 Å². The highest BCUT2D eigenvalue weighted by molar-refractivity contribution is 5.85. The predicted octanol–water partition coefficient (Wildman–Crippen LogP) is 2.85. The second-order valence-electron chi connectivity index (χ2n) is 6.00. The number of hydrogen-bond donors (Lipinski definition) is 1. The molecule has 0 aliphatic carbocycles. The van der Waals surface area contributed by atoms with Gasteiger partial charge >= 0.3 is 0 Å². The lowest BCUT2D eigenvalue weighted by atomic mass is 9.93. The molecule has 1 rings (SSSR count). The summed E-state index contributed by atoms with van der Waals surface area (Å²) in [7, 11) is 1.78. The van der Waals surface area contributed by atoms with Crippen molar-refractivity contribution in [1.29, 1.82) is 0 Å². The van der Waals surface area contributed by atoms with Crippen LogP contribution >= 0.6 is 12.4 Å². The van der Waals surface area contributed by atoms with Gasteiger partial charge in [0.15, 0.2) is 11.6 Å². The zero-order valence-electron chi connectivity index (χ0n) is 13.5. The molecule has 0 unspecified atom stereocenters. The normalized spacial score (nSPS) is 10.8. The van der Waals surface area contributed by atoms with Crippen LogP contribution in [0.1, 0.15) is 26.7 Å². The molecule has 1 aromatic carbocycles. The fraction of sp³-hybridized carbons (Fsp3) is 0.562. The Balaban J connectivity index is 0.00000441. The lowest BCUT2D eigenvalue weighted by molar-refractivity contribution is -0.131. The minimum atomic E-state index is -0.384. The van der Waals surface area contributed by atoms with Crippen LogP contribution in [0, 0.1) is 11.2 Å². The van der Waals surface area contributed by atoms with Crippen molar-refractivity contribution in [3.63, 3.8) is 0 Å². The molecule has 0 spiro atoms. The van der Waals surface area contributed by atoms with E-state index in [1.165, 1.54) is 6.07 Å². The molecule has 1 aromatic rings. The van der Waals surface area contributed by atoms with Crippen LogP contribution in [-0.4, -0.2) is 37.6 Å².